The number of carbonyl (C=O) groups is 1. The van der Waals surface area contributed by atoms with Crippen molar-refractivity contribution in [3.05, 3.63) is 91.2 Å². The van der Waals surface area contributed by atoms with Gasteiger partial charge in [0, 0.05) is 29.3 Å². The third kappa shape index (κ3) is 5.19. The van der Waals surface area contributed by atoms with Crippen LogP contribution in [0.5, 0.6) is 0 Å². The van der Waals surface area contributed by atoms with Gasteiger partial charge < -0.3 is 5.32 Å². The molecule has 1 amide bonds. The van der Waals surface area contributed by atoms with Crippen LogP contribution in [0, 0.1) is 20.2 Å². The minimum atomic E-state index is -0.748. The second-order valence-electron chi connectivity index (χ2n) is 6.01. The summed E-state index contributed by atoms with van der Waals surface area (Å²) in [7, 11) is 0. The van der Waals surface area contributed by atoms with Crippen LogP contribution in [0.4, 0.5) is 23.0 Å². The van der Waals surface area contributed by atoms with Gasteiger partial charge in [-0.2, -0.15) is 0 Å². The number of halogens is 1. The molecule has 0 atom stereocenters. The summed E-state index contributed by atoms with van der Waals surface area (Å²) in [6.07, 6.45) is 1.07. The van der Waals surface area contributed by atoms with Crippen molar-refractivity contribution in [1.82, 2.24) is 15.4 Å². The predicted molar refractivity (Wildman–Crippen MR) is 112 cm³/mol. The van der Waals surface area contributed by atoms with Gasteiger partial charge >= 0.3 is 5.69 Å². The molecule has 0 spiro atoms. The minimum absolute atomic E-state index is 0.0181. The molecule has 0 radical (unpaired) electrons. The van der Waals surface area contributed by atoms with Crippen molar-refractivity contribution in [2.45, 2.75) is 6.54 Å². The Bertz CT molecular complexity index is 1160. The first kappa shape index (κ1) is 21.4. The van der Waals surface area contributed by atoms with Crippen molar-refractivity contribution in [3.8, 4) is 0 Å². The molecule has 0 fully saturated rings. The molecule has 0 saturated heterocycles. The summed E-state index contributed by atoms with van der Waals surface area (Å²) in [5.74, 6) is -1.12. The molecular formula is C18H14ClN7O5. The highest BCUT2D eigenvalue weighted by atomic mass is 35.5. The summed E-state index contributed by atoms with van der Waals surface area (Å²) in [6.45, 7) is 0.164. The number of hydrazine groups is 1. The lowest BCUT2D eigenvalue weighted by molar-refractivity contribution is -0.384. The maximum atomic E-state index is 12.3. The fourth-order valence-electron chi connectivity index (χ4n) is 2.54. The molecule has 13 heteroatoms. The third-order valence-corrected chi connectivity index (χ3v) is 4.39. The molecule has 12 nitrogen and oxygen atoms in total. The standard InChI is InChI=1S/C18H14ClN7O5/c19-14-7-2-1-4-12(14)9-20-16-15(26(30)31)17(22-10-21-16)23-24-18(27)11-5-3-6-13(8-11)25(28)29/h1-8,10H,9H2,(H,24,27)(H2,20,21,22,23). The largest absolute Gasteiger partial charge is 0.360 e. The maximum Gasteiger partial charge on any atom is 0.354 e. The predicted octanol–water partition coefficient (Wildman–Crippen LogP) is 3.32. The van der Waals surface area contributed by atoms with Crippen molar-refractivity contribution in [3.63, 3.8) is 0 Å². The summed E-state index contributed by atoms with van der Waals surface area (Å²) in [4.78, 5) is 41.0. The molecule has 1 aromatic heterocycles. The summed E-state index contributed by atoms with van der Waals surface area (Å²) in [5, 5.41) is 25.7. The molecule has 0 aliphatic rings. The smallest absolute Gasteiger partial charge is 0.354 e. The number of hydrogen-bond acceptors (Lipinski definition) is 9. The van der Waals surface area contributed by atoms with E-state index in [0.717, 1.165) is 12.4 Å². The molecule has 3 rings (SSSR count). The number of nitro groups is 2. The molecule has 31 heavy (non-hydrogen) atoms. The average molecular weight is 444 g/mol. The summed E-state index contributed by atoms with van der Waals surface area (Å²) in [5.41, 5.74) is 4.50. The Morgan fingerprint density at radius 2 is 1.74 bits per heavy atom. The quantitative estimate of drug-likeness (QED) is 0.349. The van der Waals surface area contributed by atoms with Crippen molar-refractivity contribution >= 4 is 40.5 Å². The second-order valence-corrected chi connectivity index (χ2v) is 6.42. The van der Waals surface area contributed by atoms with E-state index in [2.05, 4.69) is 26.1 Å². The number of non-ortho nitro benzene ring substituents is 1. The Morgan fingerprint density at radius 1 is 1.00 bits per heavy atom. The average Bonchev–Trinajstić information content (AvgIpc) is 2.76. The fraction of sp³-hybridized carbons (Fsp3) is 0.0556. The fourth-order valence-corrected chi connectivity index (χ4v) is 2.74. The number of hydrogen-bond donors (Lipinski definition) is 3. The number of amides is 1. The molecule has 0 aliphatic heterocycles. The van der Waals surface area contributed by atoms with E-state index in [1.165, 1.54) is 18.2 Å². The van der Waals surface area contributed by atoms with Crippen LogP contribution < -0.4 is 16.2 Å². The molecule has 0 aliphatic carbocycles. The second kappa shape index (κ2) is 9.45. The maximum absolute atomic E-state index is 12.3. The van der Waals surface area contributed by atoms with Crippen molar-refractivity contribution in [2.24, 2.45) is 0 Å². The van der Waals surface area contributed by atoms with Crippen LogP contribution >= 0.6 is 11.6 Å². The Morgan fingerprint density at radius 3 is 2.45 bits per heavy atom. The first-order valence-corrected chi connectivity index (χ1v) is 9.02. The summed E-state index contributed by atoms with van der Waals surface area (Å²) < 4.78 is 0. The van der Waals surface area contributed by atoms with Gasteiger partial charge in [-0.1, -0.05) is 35.9 Å². The normalized spacial score (nSPS) is 10.2. The van der Waals surface area contributed by atoms with Crippen LogP contribution in [0.25, 0.3) is 0 Å². The van der Waals surface area contributed by atoms with Crippen LogP contribution in [0.2, 0.25) is 5.02 Å². The monoisotopic (exact) mass is 443 g/mol. The number of anilines is 2. The van der Waals surface area contributed by atoms with E-state index in [4.69, 9.17) is 11.6 Å². The van der Waals surface area contributed by atoms with E-state index in [9.17, 15) is 25.0 Å². The SMILES string of the molecule is O=C(NNc1ncnc(NCc2ccccc2Cl)c1[N+](=O)[O-])c1cccc([N+](=O)[O-])c1. The topological polar surface area (TPSA) is 165 Å². The lowest BCUT2D eigenvalue weighted by Gasteiger charge is -2.11. The number of nitro benzene ring substituents is 1. The van der Waals surface area contributed by atoms with Crippen LogP contribution in [0.3, 0.4) is 0 Å². The molecule has 158 valence electrons. The highest BCUT2D eigenvalue weighted by Crippen LogP contribution is 2.29. The number of rotatable bonds is 8. The Hall–Kier alpha value is -4.32. The van der Waals surface area contributed by atoms with Gasteiger partial charge in [0.25, 0.3) is 11.6 Å². The van der Waals surface area contributed by atoms with Crippen LogP contribution in [0.1, 0.15) is 15.9 Å². The van der Waals surface area contributed by atoms with E-state index >= 15 is 0 Å². The number of nitrogens with one attached hydrogen (secondary N) is 3. The molecule has 0 saturated carbocycles. The first-order valence-electron chi connectivity index (χ1n) is 8.64. The lowest BCUT2D eigenvalue weighted by atomic mass is 10.2. The van der Waals surface area contributed by atoms with Gasteiger partial charge in [0.15, 0.2) is 0 Å². The molecule has 3 aromatic rings. The van der Waals surface area contributed by atoms with E-state index < -0.39 is 21.4 Å². The van der Waals surface area contributed by atoms with Gasteiger partial charge in [0.2, 0.25) is 11.6 Å². The zero-order chi connectivity index (χ0) is 22.4. The Kier molecular flexibility index (Phi) is 6.52. The highest BCUT2D eigenvalue weighted by Gasteiger charge is 2.23. The van der Waals surface area contributed by atoms with E-state index in [1.807, 2.05) is 0 Å². The van der Waals surface area contributed by atoms with E-state index in [1.54, 1.807) is 24.3 Å². The Balaban J connectivity index is 1.77. The minimum Gasteiger partial charge on any atom is -0.360 e. The number of benzene rings is 2. The van der Waals surface area contributed by atoms with Gasteiger partial charge in [-0.25, -0.2) is 9.97 Å². The zero-order valence-corrected chi connectivity index (χ0v) is 16.4. The van der Waals surface area contributed by atoms with Gasteiger partial charge in [-0.15, -0.1) is 0 Å². The summed E-state index contributed by atoms with van der Waals surface area (Å²) in [6, 6.07) is 12.0. The molecule has 1 heterocycles. The number of carbonyl (C=O) groups excluding carboxylic acids is 1. The molecule has 0 bridgehead atoms. The Labute approximate surface area is 179 Å². The van der Waals surface area contributed by atoms with Crippen molar-refractivity contribution in [2.75, 3.05) is 10.7 Å². The number of nitrogens with zero attached hydrogens (tertiary/aromatic N) is 4. The van der Waals surface area contributed by atoms with Gasteiger partial charge in [-0.05, 0) is 17.7 Å². The number of aromatic nitrogens is 2. The van der Waals surface area contributed by atoms with E-state index in [-0.39, 0.29) is 29.4 Å². The molecule has 0 unspecified atom stereocenters. The van der Waals surface area contributed by atoms with Crippen LogP contribution in [0.15, 0.2) is 54.9 Å². The van der Waals surface area contributed by atoms with E-state index in [0.29, 0.717) is 10.6 Å². The van der Waals surface area contributed by atoms with Gasteiger partial charge in [0.05, 0.1) is 9.85 Å². The van der Waals surface area contributed by atoms with Crippen molar-refractivity contribution in [1.29, 1.82) is 0 Å². The zero-order valence-electron chi connectivity index (χ0n) is 15.6. The van der Waals surface area contributed by atoms with Crippen LogP contribution in [-0.2, 0) is 6.54 Å². The molecule has 3 N–H and O–H groups in total. The molecule has 2 aromatic carbocycles. The lowest BCUT2D eigenvalue weighted by Crippen LogP contribution is -2.30. The highest BCUT2D eigenvalue weighted by molar-refractivity contribution is 6.31. The van der Waals surface area contributed by atoms with Gasteiger partial charge in [-0.3, -0.25) is 35.9 Å². The summed E-state index contributed by atoms with van der Waals surface area (Å²) >= 11 is 6.09. The van der Waals surface area contributed by atoms with Crippen LogP contribution in [-0.4, -0.2) is 25.7 Å². The third-order valence-electron chi connectivity index (χ3n) is 4.02. The molecular weight excluding hydrogens is 430 g/mol. The van der Waals surface area contributed by atoms with Gasteiger partial charge in [0.1, 0.15) is 6.33 Å². The van der Waals surface area contributed by atoms with Crippen molar-refractivity contribution < 1.29 is 14.6 Å². The first-order chi connectivity index (χ1) is 14.9.